The zero-order valence-corrected chi connectivity index (χ0v) is 11.6. The molecule has 0 radical (unpaired) electrons. The van der Waals surface area contributed by atoms with Gasteiger partial charge < -0.3 is 5.32 Å². The van der Waals surface area contributed by atoms with Crippen molar-refractivity contribution < 1.29 is 4.79 Å². The topological polar surface area (TPSA) is 29.1 Å². The Bertz CT molecular complexity index is 277. The number of rotatable bonds is 2. The lowest BCUT2D eigenvalue weighted by Crippen LogP contribution is -2.39. The number of nitrogens with one attached hydrogen (secondary N) is 1. The molecule has 0 saturated heterocycles. The van der Waals surface area contributed by atoms with E-state index in [0.717, 1.165) is 25.2 Å². The Morgan fingerprint density at radius 3 is 2.29 bits per heavy atom. The summed E-state index contributed by atoms with van der Waals surface area (Å²) < 4.78 is 0. The van der Waals surface area contributed by atoms with Gasteiger partial charge in [-0.25, -0.2) is 0 Å². The molecule has 2 fully saturated rings. The first-order chi connectivity index (χ1) is 7.96. The van der Waals surface area contributed by atoms with E-state index in [0.29, 0.717) is 23.3 Å². The van der Waals surface area contributed by atoms with E-state index in [1.165, 1.54) is 25.7 Å². The highest BCUT2D eigenvalue weighted by Crippen LogP contribution is 2.37. The van der Waals surface area contributed by atoms with Gasteiger partial charge in [0.15, 0.2) is 0 Å². The summed E-state index contributed by atoms with van der Waals surface area (Å²) in [4.78, 5) is 12.2. The molecule has 2 aliphatic carbocycles. The van der Waals surface area contributed by atoms with Crippen molar-refractivity contribution in [3.05, 3.63) is 0 Å². The Balaban J connectivity index is 1.78. The summed E-state index contributed by atoms with van der Waals surface area (Å²) >= 11 is 0. The van der Waals surface area contributed by atoms with Crippen molar-refractivity contribution in [2.24, 2.45) is 17.3 Å². The van der Waals surface area contributed by atoms with Crippen LogP contribution >= 0.6 is 0 Å². The van der Waals surface area contributed by atoms with Crippen molar-refractivity contribution in [3.63, 3.8) is 0 Å². The molecule has 2 nitrogen and oxygen atoms in total. The summed E-state index contributed by atoms with van der Waals surface area (Å²) in [7, 11) is 0. The zero-order chi connectivity index (χ0) is 12.5. The number of carbonyl (C=O) groups is 1. The van der Waals surface area contributed by atoms with E-state index in [2.05, 4.69) is 26.1 Å². The largest absolute Gasteiger partial charge is 0.353 e. The highest BCUT2D eigenvalue weighted by Gasteiger charge is 2.33. The first kappa shape index (κ1) is 12.9. The first-order valence-corrected chi connectivity index (χ1v) is 7.27. The van der Waals surface area contributed by atoms with E-state index in [1.807, 2.05) is 0 Å². The van der Waals surface area contributed by atoms with Gasteiger partial charge >= 0.3 is 0 Å². The van der Waals surface area contributed by atoms with Crippen LogP contribution in [0.5, 0.6) is 0 Å². The molecule has 2 saturated carbocycles. The Hall–Kier alpha value is -0.530. The minimum Gasteiger partial charge on any atom is -0.353 e. The van der Waals surface area contributed by atoms with Crippen LogP contribution in [-0.4, -0.2) is 11.9 Å². The summed E-state index contributed by atoms with van der Waals surface area (Å²) in [6, 6.07) is 0.442. The molecule has 17 heavy (non-hydrogen) atoms. The quantitative estimate of drug-likeness (QED) is 0.782. The molecule has 1 amide bonds. The van der Waals surface area contributed by atoms with Crippen LogP contribution < -0.4 is 5.32 Å². The SMILES string of the molecule is CC1CCC(C(=O)NC2CCC(C)(C)C2)CC1. The van der Waals surface area contributed by atoms with Crippen molar-refractivity contribution >= 4 is 5.91 Å². The third-order valence-corrected chi connectivity index (χ3v) is 4.70. The Morgan fingerprint density at radius 2 is 1.76 bits per heavy atom. The molecule has 0 spiro atoms. The molecule has 2 heteroatoms. The van der Waals surface area contributed by atoms with E-state index < -0.39 is 0 Å². The molecular weight excluding hydrogens is 210 g/mol. The maximum absolute atomic E-state index is 12.2. The van der Waals surface area contributed by atoms with Crippen LogP contribution in [0.3, 0.4) is 0 Å². The van der Waals surface area contributed by atoms with Crippen LogP contribution in [0.4, 0.5) is 0 Å². The molecule has 0 aromatic heterocycles. The number of hydrogen-bond acceptors (Lipinski definition) is 1. The molecule has 2 rings (SSSR count). The molecule has 1 unspecified atom stereocenters. The predicted molar refractivity (Wildman–Crippen MR) is 70.7 cm³/mol. The van der Waals surface area contributed by atoms with Crippen molar-refractivity contribution in [1.82, 2.24) is 5.32 Å². The number of carbonyl (C=O) groups excluding carboxylic acids is 1. The summed E-state index contributed by atoms with van der Waals surface area (Å²) in [6.45, 7) is 6.91. The Labute approximate surface area is 106 Å². The lowest BCUT2D eigenvalue weighted by molar-refractivity contribution is -0.126. The third kappa shape index (κ3) is 3.46. The van der Waals surface area contributed by atoms with Gasteiger partial charge in [-0.1, -0.05) is 20.8 Å². The fourth-order valence-electron chi connectivity index (χ4n) is 3.40. The van der Waals surface area contributed by atoms with Gasteiger partial charge in [-0.15, -0.1) is 0 Å². The maximum Gasteiger partial charge on any atom is 0.223 e. The first-order valence-electron chi connectivity index (χ1n) is 7.27. The molecular formula is C15H27NO. The van der Waals surface area contributed by atoms with E-state index in [9.17, 15) is 4.79 Å². The van der Waals surface area contributed by atoms with Crippen molar-refractivity contribution in [2.45, 2.75) is 71.8 Å². The van der Waals surface area contributed by atoms with Gasteiger partial charge in [0.25, 0.3) is 0 Å². The second kappa shape index (κ2) is 4.99. The highest BCUT2D eigenvalue weighted by molar-refractivity contribution is 5.79. The fraction of sp³-hybridized carbons (Fsp3) is 0.933. The van der Waals surface area contributed by atoms with Gasteiger partial charge in [0.05, 0.1) is 0 Å². The monoisotopic (exact) mass is 237 g/mol. The molecule has 0 bridgehead atoms. The fourth-order valence-corrected chi connectivity index (χ4v) is 3.40. The number of amides is 1. The van der Waals surface area contributed by atoms with Crippen molar-refractivity contribution in [2.75, 3.05) is 0 Å². The minimum atomic E-state index is 0.301. The van der Waals surface area contributed by atoms with Gasteiger partial charge in [0, 0.05) is 12.0 Å². The smallest absolute Gasteiger partial charge is 0.223 e. The average Bonchev–Trinajstić information content (AvgIpc) is 2.59. The molecule has 0 heterocycles. The normalized spacial score (nSPS) is 36.8. The average molecular weight is 237 g/mol. The van der Waals surface area contributed by atoms with Gasteiger partial charge in [0.1, 0.15) is 0 Å². The molecule has 0 aliphatic heterocycles. The molecule has 98 valence electrons. The molecule has 1 atom stereocenters. The standard InChI is InChI=1S/C15H27NO/c1-11-4-6-12(7-5-11)14(17)16-13-8-9-15(2,3)10-13/h11-13H,4-10H2,1-3H3,(H,16,17). The Kier molecular flexibility index (Phi) is 3.79. The van der Waals surface area contributed by atoms with Crippen LogP contribution in [0.25, 0.3) is 0 Å². The van der Waals surface area contributed by atoms with Gasteiger partial charge in [-0.3, -0.25) is 4.79 Å². The summed E-state index contributed by atoms with van der Waals surface area (Å²) in [5, 5.41) is 3.28. The van der Waals surface area contributed by atoms with Gasteiger partial charge in [-0.05, 0) is 56.3 Å². The highest BCUT2D eigenvalue weighted by atomic mass is 16.1. The van der Waals surface area contributed by atoms with Gasteiger partial charge in [-0.2, -0.15) is 0 Å². The predicted octanol–water partition coefficient (Wildman–Crippen LogP) is 3.51. The minimum absolute atomic E-state index is 0.301. The molecule has 1 N–H and O–H groups in total. The van der Waals surface area contributed by atoms with Crippen LogP contribution in [-0.2, 0) is 4.79 Å². The summed E-state index contributed by atoms with van der Waals surface area (Å²) in [6.07, 6.45) is 8.23. The van der Waals surface area contributed by atoms with Crippen LogP contribution in [0.2, 0.25) is 0 Å². The van der Waals surface area contributed by atoms with E-state index >= 15 is 0 Å². The summed E-state index contributed by atoms with van der Waals surface area (Å²) in [5.74, 6) is 1.46. The zero-order valence-electron chi connectivity index (χ0n) is 11.6. The summed E-state index contributed by atoms with van der Waals surface area (Å²) in [5.41, 5.74) is 0.430. The maximum atomic E-state index is 12.2. The van der Waals surface area contributed by atoms with Crippen LogP contribution in [0.15, 0.2) is 0 Å². The third-order valence-electron chi connectivity index (χ3n) is 4.70. The Morgan fingerprint density at radius 1 is 1.12 bits per heavy atom. The molecule has 0 aromatic carbocycles. The van der Waals surface area contributed by atoms with Crippen LogP contribution in [0, 0.1) is 17.3 Å². The second-order valence-electron chi connectivity index (χ2n) is 7.07. The van der Waals surface area contributed by atoms with E-state index in [1.54, 1.807) is 0 Å². The van der Waals surface area contributed by atoms with Gasteiger partial charge in [0.2, 0.25) is 5.91 Å². The molecule has 2 aliphatic rings. The van der Waals surface area contributed by atoms with E-state index in [-0.39, 0.29) is 0 Å². The number of hydrogen-bond donors (Lipinski definition) is 1. The molecule has 0 aromatic rings. The van der Waals surface area contributed by atoms with Crippen molar-refractivity contribution in [1.29, 1.82) is 0 Å². The lowest BCUT2D eigenvalue weighted by atomic mass is 9.82. The van der Waals surface area contributed by atoms with Crippen molar-refractivity contribution in [3.8, 4) is 0 Å². The van der Waals surface area contributed by atoms with Crippen LogP contribution in [0.1, 0.15) is 65.7 Å². The second-order valence-corrected chi connectivity index (χ2v) is 7.07. The lowest BCUT2D eigenvalue weighted by Gasteiger charge is -2.27. The van der Waals surface area contributed by atoms with E-state index in [4.69, 9.17) is 0 Å².